The van der Waals surface area contributed by atoms with Gasteiger partial charge in [-0.3, -0.25) is 0 Å². The molecule has 0 aliphatic rings. The standard InChI is InChI=1S/C14H16Cl2FN3/c1-8(2)6-20-7-9(3)18-14(20)19-13-11(15)4-10(17)5-12(13)16/h4-5,7-8H,6H2,1-3H3,(H,18,19). The zero-order chi connectivity index (χ0) is 14.9. The molecule has 1 aromatic carbocycles. The van der Waals surface area contributed by atoms with Gasteiger partial charge in [-0.05, 0) is 25.0 Å². The van der Waals surface area contributed by atoms with E-state index in [1.807, 2.05) is 17.7 Å². The first-order valence-electron chi connectivity index (χ1n) is 6.32. The molecular weight excluding hydrogens is 300 g/mol. The van der Waals surface area contributed by atoms with Crippen molar-refractivity contribution in [3.63, 3.8) is 0 Å². The van der Waals surface area contributed by atoms with Gasteiger partial charge in [0, 0.05) is 12.7 Å². The molecule has 1 aromatic heterocycles. The highest BCUT2D eigenvalue weighted by Crippen LogP contribution is 2.33. The molecule has 108 valence electrons. The van der Waals surface area contributed by atoms with E-state index in [2.05, 4.69) is 24.1 Å². The van der Waals surface area contributed by atoms with Crippen molar-refractivity contribution in [1.82, 2.24) is 9.55 Å². The van der Waals surface area contributed by atoms with Gasteiger partial charge < -0.3 is 9.88 Å². The average molecular weight is 316 g/mol. The summed E-state index contributed by atoms with van der Waals surface area (Å²) in [7, 11) is 0. The van der Waals surface area contributed by atoms with Crippen LogP contribution in [0.5, 0.6) is 0 Å². The molecule has 0 amide bonds. The summed E-state index contributed by atoms with van der Waals surface area (Å²) in [5, 5.41) is 3.54. The number of hydrogen-bond donors (Lipinski definition) is 1. The van der Waals surface area contributed by atoms with Crippen LogP contribution in [-0.2, 0) is 6.54 Å². The van der Waals surface area contributed by atoms with E-state index in [-0.39, 0.29) is 10.0 Å². The van der Waals surface area contributed by atoms with Crippen LogP contribution in [0.4, 0.5) is 16.0 Å². The van der Waals surface area contributed by atoms with E-state index in [0.29, 0.717) is 17.6 Å². The molecule has 0 aliphatic carbocycles. The number of aryl methyl sites for hydroxylation is 1. The predicted octanol–water partition coefficient (Wildman–Crippen LogP) is 5.04. The number of imidazole rings is 1. The summed E-state index contributed by atoms with van der Waals surface area (Å²) in [6, 6.07) is 2.44. The van der Waals surface area contributed by atoms with Crippen LogP contribution in [0.2, 0.25) is 10.0 Å². The molecule has 0 bridgehead atoms. The third kappa shape index (κ3) is 3.44. The SMILES string of the molecule is Cc1cn(CC(C)C)c(Nc2c(Cl)cc(F)cc2Cl)n1. The summed E-state index contributed by atoms with van der Waals surface area (Å²) in [5.74, 6) is 0.655. The Morgan fingerprint density at radius 3 is 2.45 bits per heavy atom. The Balaban J connectivity index is 2.35. The maximum Gasteiger partial charge on any atom is 0.207 e. The summed E-state index contributed by atoms with van der Waals surface area (Å²) < 4.78 is 15.2. The number of benzene rings is 1. The van der Waals surface area contributed by atoms with E-state index in [1.165, 1.54) is 12.1 Å². The fourth-order valence-corrected chi connectivity index (χ4v) is 2.51. The molecule has 0 aliphatic heterocycles. The van der Waals surface area contributed by atoms with Crippen molar-refractivity contribution in [2.24, 2.45) is 5.92 Å². The monoisotopic (exact) mass is 315 g/mol. The van der Waals surface area contributed by atoms with Crippen LogP contribution in [0.15, 0.2) is 18.3 Å². The van der Waals surface area contributed by atoms with Crippen molar-refractivity contribution in [3.8, 4) is 0 Å². The molecule has 1 N–H and O–H groups in total. The second-order valence-electron chi connectivity index (χ2n) is 5.12. The van der Waals surface area contributed by atoms with E-state index in [9.17, 15) is 4.39 Å². The zero-order valence-electron chi connectivity index (χ0n) is 11.5. The van der Waals surface area contributed by atoms with Crippen LogP contribution < -0.4 is 5.32 Å². The van der Waals surface area contributed by atoms with Gasteiger partial charge in [0.25, 0.3) is 0 Å². The van der Waals surface area contributed by atoms with Crippen molar-refractivity contribution in [2.75, 3.05) is 5.32 Å². The van der Waals surface area contributed by atoms with E-state index in [1.54, 1.807) is 0 Å². The Morgan fingerprint density at radius 1 is 1.30 bits per heavy atom. The van der Waals surface area contributed by atoms with Crippen molar-refractivity contribution < 1.29 is 4.39 Å². The van der Waals surface area contributed by atoms with Gasteiger partial charge >= 0.3 is 0 Å². The highest BCUT2D eigenvalue weighted by atomic mass is 35.5. The lowest BCUT2D eigenvalue weighted by Crippen LogP contribution is -2.08. The summed E-state index contributed by atoms with van der Waals surface area (Å²) in [6.07, 6.45) is 1.95. The van der Waals surface area contributed by atoms with E-state index < -0.39 is 5.82 Å². The van der Waals surface area contributed by atoms with Crippen LogP contribution in [0.1, 0.15) is 19.5 Å². The van der Waals surface area contributed by atoms with Crippen LogP contribution in [0, 0.1) is 18.7 Å². The molecular formula is C14H16Cl2FN3. The maximum absolute atomic E-state index is 13.2. The fraction of sp³-hybridized carbons (Fsp3) is 0.357. The Bertz CT molecular complexity index is 600. The van der Waals surface area contributed by atoms with Crippen LogP contribution >= 0.6 is 23.2 Å². The first kappa shape index (κ1) is 15.1. The molecule has 0 saturated heterocycles. The van der Waals surface area contributed by atoms with Crippen molar-refractivity contribution in [2.45, 2.75) is 27.3 Å². The normalized spacial score (nSPS) is 11.2. The second kappa shape index (κ2) is 6.02. The number of nitrogens with zero attached hydrogens (tertiary/aromatic N) is 2. The van der Waals surface area contributed by atoms with Crippen LogP contribution in [0.3, 0.4) is 0 Å². The number of hydrogen-bond acceptors (Lipinski definition) is 2. The van der Waals surface area contributed by atoms with Gasteiger partial charge in [-0.15, -0.1) is 0 Å². The van der Waals surface area contributed by atoms with Gasteiger partial charge in [0.2, 0.25) is 5.95 Å². The molecule has 6 heteroatoms. The summed E-state index contributed by atoms with van der Waals surface area (Å²) in [4.78, 5) is 4.40. The minimum Gasteiger partial charge on any atom is -0.323 e. The van der Waals surface area contributed by atoms with Crippen molar-refractivity contribution in [3.05, 3.63) is 39.9 Å². The average Bonchev–Trinajstić information content (AvgIpc) is 2.63. The van der Waals surface area contributed by atoms with Gasteiger partial charge in [-0.25, -0.2) is 9.37 Å². The molecule has 0 fully saturated rings. The lowest BCUT2D eigenvalue weighted by Gasteiger charge is -2.13. The smallest absolute Gasteiger partial charge is 0.207 e. The van der Waals surface area contributed by atoms with E-state index >= 15 is 0 Å². The molecule has 2 rings (SSSR count). The van der Waals surface area contributed by atoms with E-state index in [4.69, 9.17) is 23.2 Å². The number of anilines is 2. The molecule has 20 heavy (non-hydrogen) atoms. The molecule has 0 radical (unpaired) electrons. The number of halogens is 3. The van der Waals surface area contributed by atoms with Crippen molar-refractivity contribution in [1.29, 1.82) is 0 Å². The Hall–Kier alpha value is -1.26. The highest BCUT2D eigenvalue weighted by molar-refractivity contribution is 6.39. The first-order chi connectivity index (χ1) is 9.36. The van der Waals surface area contributed by atoms with Gasteiger partial charge in [-0.1, -0.05) is 37.0 Å². The van der Waals surface area contributed by atoms with Gasteiger partial charge in [0.15, 0.2) is 0 Å². The number of aromatic nitrogens is 2. The molecule has 1 heterocycles. The fourth-order valence-electron chi connectivity index (χ4n) is 1.95. The number of nitrogens with one attached hydrogen (secondary N) is 1. The van der Waals surface area contributed by atoms with Crippen molar-refractivity contribution >= 4 is 34.8 Å². The topological polar surface area (TPSA) is 29.9 Å². The van der Waals surface area contributed by atoms with Crippen LogP contribution in [-0.4, -0.2) is 9.55 Å². The Labute approximate surface area is 127 Å². The maximum atomic E-state index is 13.2. The quantitative estimate of drug-likeness (QED) is 0.856. The summed E-state index contributed by atoms with van der Waals surface area (Å²) >= 11 is 12.1. The molecule has 2 aromatic rings. The molecule has 0 saturated carbocycles. The van der Waals surface area contributed by atoms with Crippen LogP contribution in [0.25, 0.3) is 0 Å². The van der Waals surface area contributed by atoms with Gasteiger partial charge in [-0.2, -0.15) is 0 Å². The third-order valence-electron chi connectivity index (χ3n) is 2.70. The summed E-state index contributed by atoms with van der Waals surface area (Å²) in [6.45, 7) is 6.98. The largest absolute Gasteiger partial charge is 0.323 e. The number of rotatable bonds is 4. The predicted molar refractivity (Wildman–Crippen MR) is 81.5 cm³/mol. The van der Waals surface area contributed by atoms with E-state index in [0.717, 1.165) is 12.2 Å². The Morgan fingerprint density at radius 2 is 1.90 bits per heavy atom. The molecule has 0 unspecified atom stereocenters. The molecule has 0 atom stereocenters. The first-order valence-corrected chi connectivity index (χ1v) is 7.07. The minimum atomic E-state index is -0.466. The third-order valence-corrected chi connectivity index (χ3v) is 3.30. The zero-order valence-corrected chi connectivity index (χ0v) is 13.1. The molecule has 3 nitrogen and oxygen atoms in total. The second-order valence-corrected chi connectivity index (χ2v) is 5.94. The summed E-state index contributed by atoms with van der Waals surface area (Å²) in [5.41, 5.74) is 1.35. The molecule has 0 spiro atoms. The van der Waals surface area contributed by atoms with Gasteiger partial charge in [0.1, 0.15) is 5.82 Å². The lowest BCUT2D eigenvalue weighted by molar-refractivity contribution is 0.527. The Kier molecular flexibility index (Phi) is 4.55. The van der Waals surface area contributed by atoms with Gasteiger partial charge in [0.05, 0.1) is 21.4 Å². The highest BCUT2D eigenvalue weighted by Gasteiger charge is 2.13. The minimum absolute atomic E-state index is 0.228. The lowest BCUT2D eigenvalue weighted by atomic mass is 10.2.